The second-order valence-electron chi connectivity index (χ2n) is 26.1. The first-order chi connectivity index (χ1) is 53.6. The van der Waals surface area contributed by atoms with Crippen molar-refractivity contribution < 1.29 is 154 Å². The predicted octanol–water partition coefficient (Wildman–Crippen LogP) is -13.5. The smallest absolute Gasteiger partial charge is 0.326 e. The van der Waals surface area contributed by atoms with E-state index in [-0.39, 0.29) is 35.0 Å². The number of aromatic nitrogens is 4. The number of aromatic amines is 1. The van der Waals surface area contributed by atoms with Gasteiger partial charge in [-0.05, 0) is 69.7 Å². The van der Waals surface area contributed by atoms with Crippen LogP contribution >= 0.6 is 12.6 Å². The summed E-state index contributed by atoms with van der Waals surface area (Å²) in [6, 6.07) is -7.34. The molecule has 0 saturated heterocycles. The summed E-state index contributed by atoms with van der Waals surface area (Å²) in [5.74, 6) is -17.3. The number of nitrogens with zero attached hydrogens (tertiary/aromatic N) is 3. The van der Waals surface area contributed by atoms with Gasteiger partial charge in [0.15, 0.2) is 11.2 Å². The van der Waals surface area contributed by atoms with Crippen molar-refractivity contribution in [2.24, 2.45) is 0 Å². The van der Waals surface area contributed by atoms with Crippen LogP contribution in [0.3, 0.4) is 0 Å². The zero-order valence-electron chi connectivity index (χ0n) is 61.1. The van der Waals surface area contributed by atoms with Gasteiger partial charge in [-0.25, -0.2) is 14.8 Å². The first kappa shape index (κ1) is 98.1. The van der Waals surface area contributed by atoms with E-state index >= 15 is 0 Å². The number of aliphatic hydroxyl groups is 15. The summed E-state index contributed by atoms with van der Waals surface area (Å²) in [7, 11) is 0. The lowest BCUT2D eigenvalue weighted by atomic mass is 10.0. The molecule has 3 rings (SSSR count). The molecule has 114 heavy (non-hydrogen) atoms. The molecule has 49 heteroatoms. The molecule has 2 aromatic heterocycles. The Kier molecular flexibility index (Phi) is 42.6. The number of benzene rings is 1. The normalized spacial score (nSPS) is 16.4. The Bertz CT molecular complexity index is 3760. The van der Waals surface area contributed by atoms with E-state index in [0.29, 0.717) is 11.4 Å². The first-order valence-electron chi connectivity index (χ1n) is 35.2. The fourth-order valence-electron chi connectivity index (χ4n) is 10.2. The molecule has 0 spiro atoms. The van der Waals surface area contributed by atoms with Gasteiger partial charge in [-0.15, -0.1) is 0 Å². The molecule has 2 heterocycles. The number of thiol groups is 1. The van der Waals surface area contributed by atoms with Gasteiger partial charge in [0.05, 0.1) is 56.6 Å². The van der Waals surface area contributed by atoms with Gasteiger partial charge in [-0.3, -0.25) is 67.3 Å². The summed E-state index contributed by atoms with van der Waals surface area (Å²) < 4.78 is 0. The Morgan fingerprint density at radius 1 is 0.447 bits per heavy atom. The van der Waals surface area contributed by atoms with Crippen LogP contribution in [-0.2, 0) is 64.1 Å². The highest BCUT2D eigenvalue weighted by Gasteiger charge is 2.38. The molecule has 0 aliphatic rings. The highest BCUT2D eigenvalue weighted by molar-refractivity contribution is 7.80. The van der Waals surface area contributed by atoms with Crippen molar-refractivity contribution in [3.8, 4) is 0 Å². The van der Waals surface area contributed by atoms with E-state index in [1.54, 1.807) is 0 Å². The fraction of sp³-hybridized carbons (Fsp3) is 0.615. The van der Waals surface area contributed by atoms with Gasteiger partial charge in [0, 0.05) is 81.2 Å². The van der Waals surface area contributed by atoms with Crippen molar-refractivity contribution in [1.82, 2.24) is 73.1 Å². The molecule has 10 amide bonds. The van der Waals surface area contributed by atoms with E-state index in [4.69, 9.17) is 10.8 Å². The van der Waals surface area contributed by atoms with E-state index in [9.17, 15) is 154 Å². The number of nitrogens with two attached hydrogens (primary N) is 1. The number of carboxylic acid groups (broad SMARTS) is 3. The lowest BCUT2D eigenvalue weighted by Crippen LogP contribution is -2.59. The van der Waals surface area contributed by atoms with Gasteiger partial charge in [0.2, 0.25) is 59.1 Å². The standard InChI is InChI=1S/C65H100N16O32S/c1-27(26-114)72-58(106)32(7-13-44(92)69-21-38(86)51(100)54(103)41(89)24-83)75-61(109)35(11-17-48(97)98)78-60(108)33(8-14-45(93)70-22-39(87)52(101)55(104)42(90)25-84)76-62(110)34(10-16-47(95)96)77-59(107)31(6-12-43(91)68-20-37(85)50(99)53(102)40(88)23-82)74-46(94)15-9-36(64(112)113)79-57(105)28-2-4-29(5-3-28)67-18-30-19-71-56-49(73-30)63(111)81-65(66)80-56/h2-5,19,27,31-42,50-55,67,82-90,99-104,114H,6-18,20-26H2,1H3,(H,68,91)(H,69,92)(H,70,93)(H,72,106)(H,74,94)(H,75,109)(H,76,110)(H,77,107)(H,78,108)(H,79,105)(H,95,96)(H,97,98)(H,112,113)(H3,66,71,80,81,111)/t27-,31+,32+,33+,34-,35-,36-,37+,38+,39+,40-,41-,42-,50-,51-,52-,53-,54-,55-/m1/s1. The minimum atomic E-state index is -2.21. The number of aliphatic carboxylic acids is 3. The van der Waals surface area contributed by atoms with Crippen molar-refractivity contribution in [2.45, 2.75) is 206 Å². The van der Waals surface area contributed by atoms with Gasteiger partial charge in [0.1, 0.15) is 91.2 Å². The number of hydrogen-bond donors (Lipinski definition) is 32. The Morgan fingerprint density at radius 2 is 0.789 bits per heavy atom. The first-order valence-corrected chi connectivity index (χ1v) is 35.8. The predicted molar refractivity (Wildman–Crippen MR) is 389 cm³/mol. The van der Waals surface area contributed by atoms with Crippen LogP contribution < -0.4 is 69.8 Å². The van der Waals surface area contributed by atoms with Crippen LogP contribution in [0.15, 0.2) is 35.3 Å². The molecule has 0 aliphatic carbocycles. The van der Waals surface area contributed by atoms with Crippen LogP contribution in [0.1, 0.15) is 100 Å². The fourth-order valence-corrected chi connectivity index (χ4v) is 10.3. The van der Waals surface area contributed by atoms with Crippen molar-refractivity contribution in [2.75, 3.05) is 56.3 Å². The number of anilines is 2. The summed E-state index contributed by atoms with van der Waals surface area (Å²) in [5, 5.41) is 204. The van der Waals surface area contributed by atoms with Crippen LogP contribution in [0.2, 0.25) is 0 Å². The average Bonchev–Trinajstić information content (AvgIpc) is 0.809. The highest BCUT2D eigenvalue weighted by atomic mass is 32.1. The molecule has 638 valence electrons. The lowest BCUT2D eigenvalue weighted by Gasteiger charge is -2.28. The molecule has 0 radical (unpaired) electrons. The Morgan fingerprint density at radius 3 is 1.15 bits per heavy atom. The quantitative estimate of drug-likeness (QED) is 0.0233. The summed E-state index contributed by atoms with van der Waals surface area (Å²) in [6.07, 6.45) is -33.6. The lowest BCUT2D eigenvalue weighted by molar-refractivity contribution is -0.140. The third kappa shape index (κ3) is 33.9. The maximum Gasteiger partial charge on any atom is 0.326 e. The molecule has 1 aromatic carbocycles. The van der Waals surface area contributed by atoms with Crippen molar-refractivity contribution in [3.05, 3.63) is 52.1 Å². The number of nitrogen functional groups attached to an aromatic ring is 1. The molecule has 0 unspecified atom stereocenters. The van der Waals surface area contributed by atoms with Gasteiger partial charge >= 0.3 is 17.9 Å². The van der Waals surface area contributed by atoms with E-state index in [1.807, 2.05) is 0 Å². The van der Waals surface area contributed by atoms with Crippen molar-refractivity contribution in [3.63, 3.8) is 0 Å². The van der Waals surface area contributed by atoms with Crippen LogP contribution in [-0.4, -0.2) is 350 Å². The Labute approximate surface area is 651 Å². The van der Waals surface area contributed by atoms with E-state index in [1.165, 1.54) is 37.4 Å². The van der Waals surface area contributed by atoms with Crippen LogP contribution in [0.4, 0.5) is 11.6 Å². The third-order valence-corrected chi connectivity index (χ3v) is 17.5. The highest BCUT2D eigenvalue weighted by Crippen LogP contribution is 2.16. The van der Waals surface area contributed by atoms with Crippen molar-refractivity contribution in [1.29, 1.82) is 0 Å². The molecule has 0 bridgehead atoms. The van der Waals surface area contributed by atoms with Crippen LogP contribution in [0.5, 0.6) is 0 Å². The summed E-state index contributed by atoms with van der Waals surface area (Å²) in [4.78, 5) is 202. The minimum absolute atomic E-state index is 0.00481. The molecule has 3 aromatic rings. The molecule has 0 fully saturated rings. The summed E-state index contributed by atoms with van der Waals surface area (Å²) in [5.41, 5.74) is 5.41. The number of aliphatic hydroxyl groups excluding tert-OH is 15. The number of nitrogens with one attached hydrogen (secondary N) is 12. The molecule has 19 atom stereocenters. The van der Waals surface area contributed by atoms with Gasteiger partial charge in [0.25, 0.3) is 11.5 Å². The number of amides is 10. The number of carbonyl (C=O) groups excluding carboxylic acids is 10. The summed E-state index contributed by atoms with van der Waals surface area (Å²) in [6.45, 7) is -4.29. The van der Waals surface area contributed by atoms with Gasteiger partial charge in [-0.2, -0.15) is 17.6 Å². The molecule has 0 aliphatic heterocycles. The molecular weight excluding hydrogens is 1550 g/mol. The zero-order chi connectivity index (χ0) is 85.8. The van der Waals surface area contributed by atoms with Gasteiger partial charge in [-0.1, -0.05) is 0 Å². The number of rotatable bonds is 54. The SMILES string of the molecule is C[C@H](CS)NC(=O)[C@H](CCC(=O)NC[C@H](O)[C@@H](O)[C@H](O)[C@H](O)CO)NC(=O)[C@@H](CCC(=O)O)NC(=O)[C@H](CCC(=O)NC[C@H](O)[C@@H](O)[C@H](O)[C@H](O)CO)NC(=O)[C@@H](CCC(=O)O)NC(=O)[C@H](CCC(=O)NC[C@H](O)[C@@H](O)[C@H](O)[C@H](O)CO)NC(=O)CC[C@@H](NC(=O)c1ccc(NCc2cnc3nc(N)[nH]c(=O)c3n2)cc1)C(=O)O. The Balaban J connectivity index is 2.03. The minimum Gasteiger partial charge on any atom is -0.481 e. The maximum atomic E-state index is 14.6. The molecule has 32 N–H and O–H groups in total. The maximum absolute atomic E-state index is 14.6. The van der Waals surface area contributed by atoms with Gasteiger partial charge < -0.3 is 156 Å². The third-order valence-electron chi connectivity index (χ3n) is 17.0. The molecule has 48 nitrogen and oxygen atoms in total. The monoisotopic (exact) mass is 1650 g/mol. The van der Waals surface area contributed by atoms with Crippen LogP contribution in [0.25, 0.3) is 11.2 Å². The Hall–Kier alpha value is -10.1. The summed E-state index contributed by atoms with van der Waals surface area (Å²) >= 11 is 4.11. The van der Waals surface area contributed by atoms with E-state index in [2.05, 4.69) is 91.0 Å². The number of carboxylic acids is 3. The zero-order valence-corrected chi connectivity index (χ0v) is 62.0. The topological polar surface area (TPSA) is 816 Å². The number of carbonyl (C=O) groups is 13. The van der Waals surface area contributed by atoms with E-state index in [0.717, 1.165) is 0 Å². The number of H-pyrrole nitrogens is 1. The average molecular weight is 1650 g/mol. The van der Waals surface area contributed by atoms with Crippen LogP contribution in [0, 0.1) is 0 Å². The largest absolute Gasteiger partial charge is 0.481 e. The number of fused-ring (bicyclic) bond motifs is 1. The number of hydrogen-bond acceptors (Lipinski definition) is 35. The van der Waals surface area contributed by atoms with E-state index < -0.39 is 315 Å². The molecular formula is C65H100N16O32S. The van der Waals surface area contributed by atoms with Crippen molar-refractivity contribution >= 4 is 112 Å². The second-order valence-corrected chi connectivity index (χ2v) is 26.4. The molecule has 0 saturated carbocycles. The second kappa shape index (κ2) is 49.5.